The predicted octanol–water partition coefficient (Wildman–Crippen LogP) is 2.03. The maximum absolute atomic E-state index is 11.9. The quantitative estimate of drug-likeness (QED) is 0.754. The predicted molar refractivity (Wildman–Crippen MR) is 60.6 cm³/mol. The smallest absolute Gasteiger partial charge is 0.342 e. The molecule has 0 heterocycles. The van der Waals surface area contributed by atoms with Crippen LogP contribution >= 0.6 is 0 Å². The molecule has 6 heteroatoms. The molecule has 0 fully saturated rings. The van der Waals surface area contributed by atoms with Gasteiger partial charge >= 0.3 is 6.18 Å². The molecule has 0 radical (unpaired) electrons. The minimum Gasteiger partial charge on any atom is -0.342 e. The number of amides is 1. The zero-order valence-corrected chi connectivity index (χ0v) is 10.6. The summed E-state index contributed by atoms with van der Waals surface area (Å²) in [5.74, 6) is 0.0820. The molecule has 0 rings (SSSR count). The average Bonchev–Trinajstić information content (AvgIpc) is 2.23. The summed E-state index contributed by atoms with van der Waals surface area (Å²) in [6.45, 7) is 5.59. The Morgan fingerprint density at radius 2 is 1.94 bits per heavy atom. The van der Waals surface area contributed by atoms with Crippen LogP contribution in [0.2, 0.25) is 0 Å². The highest BCUT2D eigenvalue weighted by atomic mass is 19.4. The zero-order chi connectivity index (χ0) is 13.5. The van der Waals surface area contributed by atoms with Crippen molar-refractivity contribution in [1.29, 1.82) is 0 Å². The Kier molecular flexibility index (Phi) is 7.18. The normalized spacial score (nSPS) is 13.5. The van der Waals surface area contributed by atoms with Crippen molar-refractivity contribution in [2.45, 2.75) is 33.4 Å². The fourth-order valence-corrected chi connectivity index (χ4v) is 1.34. The number of halogens is 3. The molecule has 0 aromatic rings. The fourth-order valence-electron chi connectivity index (χ4n) is 1.34. The Balaban J connectivity index is 4.00. The third-order valence-electron chi connectivity index (χ3n) is 2.57. The van der Waals surface area contributed by atoms with Gasteiger partial charge in [0.25, 0.3) is 0 Å². The van der Waals surface area contributed by atoms with Gasteiger partial charge in [-0.2, -0.15) is 13.2 Å². The molecule has 102 valence electrons. The first kappa shape index (κ1) is 16.2. The summed E-state index contributed by atoms with van der Waals surface area (Å²) < 4.78 is 35.6. The van der Waals surface area contributed by atoms with Crippen LogP contribution < -0.4 is 5.32 Å². The van der Waals surface area contributed by atoms with Crippen LogP contribution in [0, 0.1) is 5.92 Å². The summed E-state index contributed by atoms with van der Waals surface area (Å²) in [6.07, 6.45) is -3.33. The Morgan fingerprint density at radius 1 is 1.35 bits per heavy atom. The molecule has 0 aliphatic rings. The van der Waals surface area contributed by atoms with Crippen LogP contribution in [0.4, 0.5) is 13.2 Å². The van der Waals surface area contributed by atoms with Crippen LogP contribution in [0.3, 0.4) is 0 Å². The molecule has 0 aromatic heterocycles. The highest BCUT2D eigenvalue weighted by Gasteiger charge is 2.27. The van der Waals surface area contributed by atoms with E-state index in [0.717, 1.165) is 6.42 Å². The second kappa shape index (κ2) is 7.53. The summed E-state index contributed by atoms with van der Waals surface area (Å²) in [6, 6.07) is 0. The van der Waals surface area contributed by atoms with Crippen molar-refractivity contribution < 1.29 is 18.0 Å². The number of alkyl halides is 3. The van der Waals surface area contributed by atoms with E-state index in [-0.39, 0.29) is 12.5 Å². The Labute approximate surface area is 100 Å². The number of nitrogens with one attached hydrogen (secondary N) is 1. The van der Waals surface area contributed by atoms with E-state index >= 15 is 0 Å². The van der Waals surface area contributed by atoms with Gasteiger partial charge in [0.05, 0.1) is 13.1 Å². The molecular weight excluding hydrogens is 233 g/mol. The summed E-state index contributed by atoms with van der Waals surface area (Å²) in [5.41, 5.74) is 0. The molecule has 3 nitrogen and oxygen atoms in total. The van der Waals surface area contributed by atoms with E-state index in [1.54, 1.807) is 4.90 Å². The topological polar surface area (TPSA) is 32.3 Å². The molecular formula is C11H21F3N2O. The van der Waals surface area contributed by atoms with E-state index < -0.39 is 12.7 Å². The minimum atomic E-state index is -4.27. The Morgan fingerprint density at radius 3 is 2.35 bits per heavy atom. The molecule has 1 atom stereocenters. The van der Waals surface area contributed by atoms with Gasteiger partial charge in [0.1, 0.15) is 0 Å². The molecule has 0 aliphatic carbocycles. The first-order chi connectivity index (χ1) is 7.80. The maximum atomic E-state index is 11.9. The lowest BCUT2D eigenvalue weighted by Crippen LogP contribution is -2.42. The molecule has 0 aliphatic heterocycles. The lowest BCUT2D eigenvalue weighted by Gasteiger charge is -2.24. The second-order valence-electron chi connectivity index (χ2n) is 4.16. The van der Waals surface area contributed by atoms with Crippen LogP contribution in [0.15, 0.2) is 0 Å². The first-order valence-corrected chi connectivity index (χ1v) is 5.85. The largest absolute Gasteiger partial charge is 0.401 e. The van der Waals surface area contributed by atoms with Gasteiger partial charge in [-0.3, -0.25) is 4.79 Å². The van der Waals surface area contributed by atoms with Crippen LogP contribution in [-0.2, 0) is 4.79 Å². The first-order valence-electron chi connectivity index (χ1n) is 5.85. The van der Waals surface area contributed by atoms with E-state index in [1.165, 1.54) is 0 Å². The highest BCUT2D eigenvalue weighted by molar-refractivity contribution is 5.78. The van der Waals surface area contributed by atoms with Gasteiger partial charge in [-0.25, -0.2) is 0 Å². The van der Waals surface area contributed by atoms with Gasteiger partial charge in [0.15, 0.2) is 0 Å². The zero-order valence-electron chi connectivity index (χ0n) is 10.6. The lowest BCUT2D eigenvalue weighted by atomic mass is 10.1. The van der Waals surface area contributed by atoms with Gasteiger partial charge in [-0.1, -0.05) is 20.3 Å². The van der Waals surface area contributed by atoms with Crippen LogP contribution in [0.25, 0.3) is 0 Å². The van der Waals surface area contributed by atoms with E-state index in [1.807, 2.05) is 20.8 Å². The third-order valence-corrected chi connectivity index (χ3v) is 2.57. The van der Waals surface area contributed by atoms with Gasteiger partial charge in [0.2, 0.25) is 5.91 Å². The van der Waals surface area contributed by atoms with Crippen molar-refractivity contribution in [2.75, 3.05) is 26.2 Å². The van der Waals surface area contributed by atoms with Crippen molar-refractivity contribution >= 4 is 5.91 Å². The van der Waals surface area contributed by atoms with Crippen molar-refractivity contribution in [1.82, 2.24) is 10.2 Å². The molecule has 0 aromatic carbocycles. The van der Waals surface area contributed by atoms with Gasteiger partial charge in [-0.15, -0.1) is 0 Å². The summed E-state index contributed by atoms with van der Waals surface area (Å²) in [7, 11) is 0. The molecule has 0 spiro atoms. The number of carbonyl (C=O) groups is 1. The van der Waals surface area contributed by atoms with Crippen LogP contribution in [-0.4, -0.2) is 43.2 Å². The second-order valence-corrected chi connectivity index (χ2v) is 4.16. The molecule has 1 N–H and O–H groups in total. The van der Waals surface area contributed by atoms with Gasteiger partial charge in [0, 0.05) is 13.1 Å². The van der Waals surface area contributed by atoms with Crippen LogP contribution in [0.1, 0.15) is 27.2 Å². The number of likely N-dealkylation sites (N-methyl/N-ethyl adjacent to an activating group) is 1. The molecule has 1 amide bonds. The molecule has 0 saturated heterocycles. The number of carbonyl (C=O) groups excluding carboxylic acids is 1. The highest BCUT2D eigenvalue weighted by Crippen LogP contribution is 2.12. The van der Waals surface area contributed by atoms with E-state index in [0.29, 0.717) is 19.0 Å². The third kappa shape index (κ3) is 8.01. The standard InChI is InChI=1S/C11H21F3N2O/c1-4-9(3)7-16(5-2)10(17)6-15-8-11(12,13)14/h9,15H,4-8H2,1-3H3. The maximum Gasteiger partial charge on any atom is 0.401 e. The number of hydrogen-bond donors (Lipinski definition) is 1. The fraction of sp³-hybridized carbons (Fsp3) is 0.909. The van der Waals surface area contributed by atoms with Crippen molar-refractivity contribution in [3.63, 3.8) is 0 Å². The Hall–Kier alpha value is -0.780. The summed E-state index contributed by atoms with van der Waals surface area (Å²) in [5, 5.41) is 2.11. The molecule has 0 bridgehead atoms. The van der Waals surface area contributed by atoms with E-state index in [9.17, 15) is 18.0 Å². The monoisotopic (exact) mass is 254 g/mol. The number of rotatable bonds is 7. The van der Waals surface area contributed by atoms with Gasteiger partial charge < -0.3 is 10.2 Å². The van der Waals surface area contributed by atoms with Crippen molar-refractivity contribution in [2.24, 2.45) is 5.92 Å². The van der Waals surface area contributed by atoms with E-state index in [2.05, 4.69) is 5.32 Å². The summed E-state index contributed by atoms with van der Waals surface area (Å²) >= 11 is 0. The SMILES string of the molecule is CCC(C)CN(CC)C(=O)CNCC(F)(F)F. The molecule has 17 heavy (non-hydrogen) atoms. The van der Waals surface area contributed by atoms with Crippen molar-refractivity contribution in [3.05, 3.63) is 0 Å². The van der Waals surface area contributed by atoms with Crippen molar-refractivity contribution in [3.8, 4) is 0 Å². The Bertz CT molecular complexity index is 231. The number of nitrogens with zero attached hydrogens (tertiary/aromatic N) is 1. The summed E-state index contributed by atoms with van der Waals surface area (Å²) in [4.78, 5) is 13.2. The molecule has 1 unspecified atom stereocenters. The van der Waals surface area contributed by atoms with E-state index in [4.69, 9.17) is 0 Å². The van der Waals surface area contributed by atoms with Crippen LogP contribution in [0.5, 0.6) is 0 Å². The minimum absolute atomic E-state index is 0.260. The average molecular weight is 254 g/mol. The van der Waals surface area contributed by atoms with Gasteiger partial charge in [-0.05, 0) is 12.8 Å². The number of hydrogen-bond acceptors (Lipinski definition) is 2. The lowest BCUT2D eigenvalue weighted by molar-refractivity contribution is -0.134. The molecule has 0 saturated carbocycles.